The fraction of sp³-hybridized carbons (Fsp3) is 0.458. The molecule has 0 aromatic heterocycles. The predicted molar refractivity (Wildman–Crippen MR) is 121 cm³/mol. The summed E-state index contributed by atoms with van der Waals surface area (Å²) in [4.78, 5) is 13.3. The molecule has 0 saturated carbocycles. The lowest BCUT2D eigenvalue weighted by Gasteiger charge is -2.39. The number of sulfonamides is 1. The molecule has 1 fully saturated rings. The van der Waals surface area contributed by atoms with E-state index in [1.807, 2.05) is 32.0 Å². The van der Waals surface area contributed by atoms with Gasteiger partial charge in [0.25, 0.3) is 0 Å². The van der Waals surface area contributed by atoms with E-state index in [1.165, 1.54) is 16.4 Å². The van der Waals surface area contributed by atoms with Gasteiger partial charge in [0.2, 0.25) is 15.9 Å². The van der Waals surface area contributed by atoms with Crippen molar-refractivity contribution in [2.45, 2.75) is 49.6 Å². The van der Waals surface area contributed by atoms with Crippen LogP contribution in [0.2, 0.25) is 0 Å². The third-order valence-electron chi connectivity index (χ3n) is 6.20. The minimum atomic E-state index is -3.80. The number of rotatable bonds is 5. The molecule has 2 atom stereocenters. The van der Waals surface area contributed by atoms with Crippen LogP contribution in [0.1, 0.15) is 44.7 Å². The highest BCUT2D eigenvalue weighted by molar-refractivity contribution is 7.89. The Hall–Kier alpha value is -2.65. The third-order valence-corrected chi connectivity index (χ3v) is 8.08. The first-order valence-corrected chi connectivity index (χ1v) is 12.5. The number of nitrogens with one attached hydrogen (secondary N) is 1. The van der Waals surface area contributed by atoms with Gasteiger partial charge in [-0.25, -0.2) is 12.8 Å². The second-order valence-corrected chi connectivity index (χ2v) is 11.1. The maximum Gasteiger partial charge on any atom is 0.243 e. The zero-order valence-electron chi connectivity index (χ0n) is 19.0. The molecule has 1 amide bonds. The van der Waals surface area contributed by atoms with Crippen LogP contribution < -0.4 is 14.8 Å². The summed E-state index contributed by atoms with van der Waals surface area (Å²) < 4.78 is 52.0. The molecule has 2 aliphatic heterocycles. The van der Waals surface area contributed by atoms with E-state index in [-0.39, 0.29) is 23.4 Å². The summed E-state index contributed by atoms with van der Waals surface area (Å²) in [5, 5.41) is 3.13. The summed E-state index contributed by atoms with van der Waals surface area (Å²) in [6.07, 6.45) is 1.74. The van der Waals surface area contributed by atoms with Crippen LogP contribution in [-0.2, 0) is 14.8 Å². The first kappa shape index (κ1) is 23.5. The van der Waals surface area contributed by atoms with E-state index in [2.05, 4.69) is 5.32 Å². The molecule has 2 aromatic carbocycles. The zero-order valence-corrected chi connectivity index (χ0v) is 19.8. The molecular weight excluding hydrogens is 447 g/mol. The maximum atomic E-state index is 13.2. The molecule has 1 N–H and O–H groups in total. The van der Waals surface area contributed by atoms with Gasteiger partial charge in [-0.05, 0) is 69.2 Å². The zero-order chi connectivity index (χ0) is 23.8. The standard InChI is InChI=1S/C24H29FN2O5S/c1-24(2)14-21(20-13-18(31-3)8-11-22(20)32-24)26-23(28)16-5-4-12-27(15-16)33(29,30)19-9-6-17(25)7-10-19/h6-11,13,16,21H,4-5,12,14-15H2,1-3H3,(H,26,28)/t16-,21-/m0/s1. The van der Waals surface area contributed by atoms with Crippen LogP contribution >= 0.6 is 0 Å². The van der Waals surface area contributed by atoms with Crippen LogP contribution in [0.25, 0.3) is 0 Å². The molecule has 178 valence electrons. The number of piperidine rings is 1. The number of nitrogens with zero attached hydrogens (tertiary/aromatic N) is 1. The highest BCUT2D eigenvalue weighted by atomic mass is 32.2. The smallest absolute Gasteiger partial charge is 0.243 e. The van der Waals surface area contributed by atoms with Crippen LogP contribution in [0.3, 0.4) is 0 Å². The molecule has 2 heterocycles. The first-order chi connectivity index (χ1) is 15.6. The number of carbonyl (C=O) groups excluding carboxylic acids is 1. The largest absolute Gasteiger partial charge is 0.497 e. The lowest BCUT2D eigenvalue weighted by atomic mass is 9.88. The van der Waals surface area contributed by atoms with E-state index < -0.39 is 27.4 Å². The molecule has 0 aliphatic carbocycles. The van der Waals surface area contributed by atoms with Gasteiger partial charge < -0.3 is 14.8 Å². The van der Waals surface area contributed by atoms with Crippen molar-refractivity contribution in [2.75, 3.05) is 20.2 Å². The van der Waals surface area contributed by atoms with Gasteiger partial charge in [-0.15, -0.1) is 0 Å². The van der Waals surface area contributed by atoms with E-state index in [1.54, 1.807) is 7.11 Å². The normalized spacial score (nSPS) is 22.7. The van der Waals surface area contributed by atoms with Crippen molar-refractivity contribution in [1.29, 1.82) is 0 Å². The lowest BCUT2D eigenvalue weighted by molar-refractivity contribution is -0.127. The predicted octanol–water partition coefficient (Wildman–Crippen LogP) is 3.65. The lowest BCUT2D eigenvalue weighted by Crippen LogP contribution is -2.48. The van der Waals surface area contributed by atoms with Crippen LogP contribution in [0.4, 0.5) is 4.39 Å². The molecule has 0 radical (unpaired) electrons. The average molecular weight is 477 g/mol. The van der Waals surface area contributed by atoms with E-state index in [0.29, 0.717) is 37.3 Å². The minimum Gasteiger partial charge on any atom is -0.497 e. The van der Waals surface area contributed by atoms with Gasteiger partial charge in [0, 0.05) is 25.1 Å². The second kappa shape index (κ2) is 8.95. The van der Waals surface area contributed by atoms with E-state index >= 15 is 0 Å². The number of hydrogen-bond donors (Lipinski definition) is 1. The Labute approximate surface area is 193 Å². The van der Waals surface area contributed by atoms with Crippen LogP contribution in [0.5, 0.6) is 11.5 Å². The summed E-state index contributed by atoms with van der Waals surface area (Å²) in [7, 11) is -2.22. The molecule has 2 aliphatic rings. The Kier molecular flexibility index (Phi) is 6.37. The first-order valence-electron chi connectivity index (χ1n) is 11.0. The molecule has 1 saturated heterocycles. The summed E-state index contributed by atoms with van der Waals surface area (Å²) in [5.41, 5.74) is 0.373. The average Bonchev–Trinajstić information content (AvgIpc) is 2.78. The summed E-state index contributed by atoms with van der Waals surface area (Å²) in [6, 6.07) is 9.99. The topological polar surface area (TPSA) is 84.9 Å². The Bertz CT molecular complexity index is 1130. The van der Waals surface area contributed by atoms with Crippen molar-refractivity contribution in [1.82, 2.24) is 9.62 Å². The van der Waals surface area contributed by atoms with E-state index in [4.69, 9.17) is 9.47 Å². The van der Waals surface area contributed by atoms with Gasteiger partial charge in [-0.3, -0.25) is 4.79 Å². The van der Waals surface area contributed by atoms with Crippen molar-refractivity contribution < 1.29 is 27.1 Å². The number of carbonyl (C=O) groups is 1. The van der Waals surface area contributed by atoms with Crippen molar-refractivity contribution >= 4 is 15.9 Å². The third kappa shape index (κ3) is 4.99. The number of methoxy groups -OCH3 is 1. The molecule has 4 rings (SSSR count). The van der Waals surface area contributed by atoms with Gasteiger partial charge >= 0.3 is 0 Å². The molecule has 0 spiro atoms. The van der Waals surface area contributed by atoms with Crippen molar-refractivity contribution in [3.63, 3.8) is 0 Å². The van der Waals surface area contributed by atoms with Crippen LogP contribution in [0.15, 0.2) is 47.4 Å². The van der Waals surface area contributed by atoms with E-state index in [0.717, 1.165) is 17.7 Å². The number of amides is 1. The number of fused-ring (bicyclic) bond motifs is 1. The minimum absolute atomic E-state index is 0.0251. The second-order valence-electron chi connectivity index (χ2n) is 9.19. The number of benzene rings is 2. The van der Waals surface area contributed by atoms with Gasteiger partial charge in [0.05, 0.1) is 24.0 Å². The Morgan fingerprint density at radius 2 is 1.94 bits per heavy atom. The van der Waals surface area contributed by atoms with Crippen molar-refractivity contribution in [2.24, 2.45) is 5.92 Å². The fourth-order valence-corrected chi connectivity index (χ4v) is 6.03. The molecule has 9 heteroatoms. The Morgan fingerprint density at radius 3 is 2.64 bits per heavy atom. The van der Waals surface area contributed by atoms with Crippen molar-refractivity contribution in [3.8, 4) is 11.5 Å². The van der Waals surface area contributed by atoms with Crippen molar-refractivity contribution in [3.05, 3.63) is 53.8 Å². The quantitative estimate of drug-likeness (QED) is 0.712. The van der Waals surface area contributed by atoms with Gasteiger partial charge in [0.1, 0.15) is 22.9 Å². The monoisotopic (exact) mass is 476 g/mol. The van der Waals surface area contributed by atoms with Gasteiger partial charge in [-0.1, -0.05) is 0 Å². The fourth-order valence-electron chi connectivity index (χ4n) is 4.51. The molecule has 33 heavy (non-hydrogen) atoms. The highest BCUT2D eigenvalue weighted by Gasteiger charge is 2.38. The summed E-state index contributed by atoms with van der Waals surface area (Å²) in [6.45, 7) is 4.35. The molecule has 0 bridgehead atoms. The maximum absolute atomic E-state index is 13.2. The Morgan fingerprint density at radius 1 is 1.21 bits per heavy atom. The molecular formula is C24H29FN2O5S. The number of ether oxygens (including phenoxy) is 2. The number of halogens is 1. The highest BCUT2D eigenvalue weighted by Crippen LogP contribution is 2.41. The summed E-state index contributed by atoms with van der Waals surface area (Å²) in [5.74, 6) is 0.202. The molecule has 2 aromatic rings. The van der Waals surface area contributed by atoms with Gasteiger partial charge in [0.15, 0.2) is 0 Å². The molecule has 7 nitrogen and oxygen atoms in total. The SMILES string of the molecule is COc1ccc2c(c1)[C@@H](NC(=O)[C@H]1CCCN(S(=O)(=O)c3ccc(F)cc3)C1)CC(C)(C)O2. The van der Waals surface area contributed by atoms with Crippen LogP contribution in [0, 0.1) is 11.7 Å². The van der Waals surface area contributed by atoms with Gasteiger partial charge in [-0.2, -0.15) is 4.31 Å². The van der Waals surface area contributed by atoms with E-state index in [9.17, 15) is 17.6 Å². The number of hydrogen-bond acceptors (Lipinski definition) is 5. The summed E-state index contributed by atoms with van der Waals surface area (Å²) >= 11 is 0. The Balaban J connectivity index is 1.51. The molecule has 0 unspecified atom stereocenters. The van der Waals surface area contributed by atoms with Crippen LogP contribution in [-0.4, -0.2) is 44.4 Å².